The second kappa shape index (κ2) is 3.73. The maximum absolute atomic E-state index is 12.1. The summed E-state index contributed by atoms with van der Waals surface area (Å²) in [6.07, 6.45) is 0.845. The first kappa shape index (κ1) is 11.3. The zero-order valence-electron chi connectivity index (χ0n) is 10.8. The Morgan fingerprint density at radius 1 is 1.37 bits per heavy atom. The van der Waals surface area contributed by atoms with Gasteiger partial charge in [0.05, 0.1) is 0 Å². The fourth-order valence-electron chi connectivity index (χ4n) is 3.81. The van der Waals surface area contributed by atoms with Crippen LogP contribution in [0.25, 0.3) is 0 Å². The molecular weight excluding hydrogens is 240 g/mol. The van der Waals surface area contributed by atoms with Gasteiger partial charge in [0.25, 0.3) is 0 Å². The van der Waals surface area contributed by atoms with Crippen molar-refractivity contribution in [2.45, 2.75) is 18.6 Å². The zero-order chi connectivity index (χ0) is 13.0. The predicted molar refractivity (Wildman–Crippen MR) is 70.2 cm³/mol. The number of hydrogen-bond donors (Lipinski definition) is 1. The molecule has 1 aromatic rings. The van der Waals surface area contributed by atoms with Gasteiger partial charge in [-0.3, -0.25) is 0 Å². The Bertz CT molecular complexity index is 512. The van der Waals surface area contributed by atoms with Crippen molar-refractivity contribution in [2.24, 2.45) is 23.5 Å². The third-order valence-corrected chi connectivity index (χ3v) is 5.10. The summed E-state index contributed by atoms with van der Waals surface area (Å²) in [7, 11) is 0. The maximum Gasteiger partial charge on any atom is 0.410 e. The molecule has 5 rings (SSSR count). The number of ether oxygens (including phenoxy) is 1. The Labute approximate surface area is 112 Å². The Morgan fingerprint density at radius 3 is 2.84 bits per heavy atom. The van der Waals surface area contributed by atoms with Crippen molar-refractivity contribution in [1.29, 1.82) is 0 Å². The summed E-state index contributed by atoms with van der Waals surface area (Å²) in [4.78, 5) is 13.9. The highest BCUT2D eigenvalue weighted by atomic mass is 16.6. The van der Waals surface area contributed by atoms with Crippen molar-refractivity contribution in [3.63, 3.8) is 0 Å². The first-order valence-electron chi connectivity index (χ1n) is 6.96. The van der Waals surface area contributed by atoms with Crippen LogP contribution in [0.15, 0.2) is 30.3 Å². The van der Waals surface area contributed by atoms with E-state index in [0.29, 0.717) is 24.4 Å². The van der Waals surface area contributed by atoms with Crippen LogP contribution in [0, 0.1) is 17.8 Å². The average molecular weight is 258 g/mol. The van der Waals surface area contributed by atoms with Crippen LogP contribution in [0.4, 0.5) is 4.79 Å². The Balaban J connectivity index is 1.34. The lowest BCUT2D eigenvalue weighted by Crippen LogP contribution is -2.34. The van der Waals surface area contributed by atoms with Gasteiger partial charge in [-0.15, -0.1) is 0 Å². The number of rotatable bonds is 2. The number of carbonyl (C=O) groups excluding carboxylic acids is 1. The van der Waals surface area contributed by atoms with Crippen LogP contribution < -0.4 is 5.73 Å². The molecule has 0 aromatic heterocycles. The fourth-order valence-corrected chi connectivity index (χ4v) is 3.81. The lowest BCUT2D eigenvalue weighted by atomic mass is 10.0. The molecule has 4 nitrogen and oxygen atoms in total. The molecule has 2 aliphatic heterocycles. The second-order valence-corrected chi connectivity index (χ2v) is 6.01. The van der Waals surface area contributed by atoms with Crippen LogP contribution in [-0.2, 0) is 11.3 Å². The third kappa shape index (κ3) is 1.59. The molecule has 2 saturated heterocycles. The monoisotopic (exact) mass is 258 g/mol. The van der Waals surface area contributed by atoms with Gasteiger partial charge in [0.2, 0.25) is 0 Å². The van der Waals surface area contributed by atoms with E-state index >= 15 is 0 Å². The van der Waals surface area contributed by atoms with Gasteiger partial charge in [-0.1, -0.05) is 30.3 Å². The van der Waals surface area contributed by atoms with Crippen molar-refractivity contribution in [3.05, 3.63) is 35.9 Å². The standard InChI is InChI=1S/C15H18N2O2/c16-15-11-6-7-17(8-12(15)13(11)15)14(18)19-9-10-4-2-1-3-5-10/h1-5,11-13H,6-9,16H2/t11-,12?,13-,15-/m1/s1. The lowest BCUT2D eigenvalue weighted by molar-refractivity contribution is 0.0962. The Kier molecular flexibility index (Phi) is 2.22. The SMILES string of the molecule is N[C@@]12C3CN(C(=O)OCc4ccccc4)CC[C@@H]1[C@H]32. The summed E-state index contributed by atoms with van der Waals surface area (Å²) in [5, 5.41) is 0. The van der Waals surface area contributed by atoms with Gasteiger partial charge in [-0.25, -0.2) is 4.79 Å². The molecule has 2 aliphatic carbocycles. The highest BCUT2D eigenvalue weighted by Gasteiger charge is 2.84. The molecule has 2 bridgehead atoms. The number of benzene rings is 1. The highest BCUT2D eigenvalue weighted by molar-refractivity contribution is 5.68. The van der Waals surface area contributed by atoms with Gasteiger partial charge < -0.3 is 15.4 Å². The number of amides is 1. The largest absolute Gasteiger partial charge is 0.445 e. The van der Waals surface area contributed by atoms with E-state index in [1.165, 1.54) is 0 Å². The van der Waals surface area contributed by atoms with E-state index in [9.17, 15) is 4.79 Å². The summed E-state index contributed by atoms with van der Waals surface area (Å²) in [5.41, 5.74) is 7.35. The van der Waals surface area contributed by atoms with Crippen LogP contribution in [0.1, 0.15) is 12.0 Å². The molecule has 2 saturated carbocycles. The van der Waals surface area contributed by atoms with E-state index in [-0.39, 0.29) is 11.6 Å². The average Bonchev–Trinajstić information content (AvgIpc) is 3.27. The van der Waals surface area contributed by atoms with Gasteiger partial charge in [-0.2, -0.15) is 0 Å². The summed E-state index contributed by atoms with van der Waals surface area (Å²) in [5.74, 6) is 1.90. The molecule has 2 heterocycles. The van der Waals surface area contributed by atoms with Gasteiger partial charge in [0.15, 0.2) is 0 Å². The molecule has 4 heteroatoms. The van der Waals surface area contributed by atoms with Crippen LogP contribution in [0.2, 0.25) is 0 Å². The van der Waals surface area contributed by atoms with Gasteiger partial charge in [0, 0.05) is 24.5 Å². The Morgan fingerprint density at radius 2 is 2.11 bits per heavy atom. The number of fused-ring (bicyclic) bond motifs is 3. The molecule has 19 heavy (non-hydrogen) atoms. The van der Waals surface area contributed by atoms with Gasteiger partial charge in [-0.05, 0) is 23.8 Å². The van der Waals surface area contributed by atoms with Crippen LogP contribution in [0.3, 0.4) is 0 Å². The number of carbonyl (C=O) groups is 1. The second-order valence-electron chi connectivity index (χ2n) is 6.01. The molecule has 1 unspecified atom stereocenters. The van der Waals surface area contributed by atoms with E-state index in [0.717, 1.165) is 25.1 Å². The first-order chi connectivity index (χ1) is 9.21. The molecule has 100 valence electrons. The summed E-state index contributed by atoms with van der Waals surface area (Å²) < 4.78 is 5.38. The quantitative estimate of drug-likeness (QED) is 0.876. The van der Waals surface area contributed by atoms with Crippen molar-refractivity contribution >= 4 is 6.09 Å². The number of nitrogens with zero attached hydrogens (tertiary/aromatic N) is 1. The topological polar surface area (TPSA) is 55.6 Å². The summed E-state index contributed by atoms with van der Waals surface area (Å²) in [6.45, 7) is 1.93. The molecule has 1 amide bonds. The molecule has 4 aliphatic rings. The normalized spacial score (nSPS) is 38.2. The molecule has 2 N–H and O–H groups in total. The molecule has 1 aromatic carbocycles. The van der Waals surface area contributed by atoms with Crippen molar-refractivity contribution in [2.75, 3.05) is 13.1 Å². The minimum absolute atomic E-state index is 0.0917. The highest BCUT2D eigenvalue weighted by Crippen LogP contribution is 2.76. The summed E-state index contributed by atoms with van der Waals surface area (Å²) >= 11 is 0. The van der Waals surface area contributed by atoms with E-state index in [2.05, 4.69) is 0 Å². The number of nitrogens with two attached hydrogens (primary N) is 1. The molecule has 0 spiro atoms. The lowest BCUT2D eigenvalue weighted by Gasteiger charge is -2.20. The van der Waals surface area contributed by atoms with Crippen molar-refractivity contribution < 1.29 is 9.53 Å². The van der Waals surface area contributed by atoms with Gasteiger partial charge in [0.1, 0.15) is 6.61 Å². The van der Waals surface area contributed by atoms with Crippen LogP contribution in [-0.4, -0.2) is 29.6 Å². The number of hydrogen-bond acceptors (Lipinski definition) is 3. The minimum atomic E-state index is -0.195. The van der Waals surface area contributed by atoms with Crippen molar-refractivity contribution in [1.82, 2.24) is 4.90 Å². The molecular formula is C15H18N2O2. The predicted octanol–water partition coefficient (Wildman–Crippen LogP) is 1.60. The first-order valence-corrected chi connectivity index (χ1v) is 6.96. The molecule has 4 fully saturated rings. The van der Waals surface area contributed by atoms with Crippen LogP contribution >= 0.6 is 0 Å². The zero-order valence-corrected chi connectivity index (χ0v) is 10.8. The fraction of sp³-hybridized carbons (Fsp3) is 0.533. The maximum atomic E-state index is 12.1. The van der Waals surface area contributed by atoms with E-state index in [1.54, 1.807) is 0 Å². The van der Waals surface area contributed by atoms with Crippen LogP contribution in [0.5, 0.6) is 0 Å². The minimum Gasteiger partial charge on any atom is -0.445 e. The van der Waals surface area contributed by atoms with E-state index < -0.39 is 0 Å². The molecule has 4 atom stereocenters. The third-order valence-electron chi connectivity index (χ3n) is 5.10. The van der Waals surface area contributed by atoms with E-state index in [1.807, 2.05) is 35.2 Å². The smallest absolute Gasteiger partial charge is 0.410 e. The molecule has 0 radical (unpaired) electrons. The van der Waals surface area contributed by atoms with E-state index in [4.69, 9.17) is 10.5 Å². The van der Waals surface area contributed by atoms with Crippen molar-refractivity contribution in [3.8, 4) is 0 Å². The van der Waals surface area contributed by atoms with Gasteiger partial charge >= 0.3 is 6.09 Å². The Hall–Kier alpha value is -1.55. The summed E-state index contributed by atoms with van der Waals surface area (Å²) in [6, 6.07) is 9.78.